The van der Waals surface area contributed by atoms with E-state index in [2.05, 4.69) is 9.46 Å². The van der Waals surface area contributed by atoms with E-state index in [1.165, 1.54) is 19.2 Å². The van der Waals surface area contributed by atoms with Gasteiger partial charge in [-0.1, -0.05) is 12.1 Å². The van der Waals surface area contributed by atoms with E-state index in [9.17, 15) is 21.6 Å². The number of hydrogen-bond donors (Lipinski definition) is 1. The van der Waals surface area contributed by atoms with Gasteiger partial charge in [0, 0.05) is 13.7 Å². The minimum Gasteiger partial charge on any atom is -0.404 e. The Hall–Kier alpha value is -1.32. The molecule has 0 spiro atoms. The quantitative estimate of drug-likeness (QED) is 0.871. The van der Waals surface area contributed by atoms with Gasteiger partial charge in [0.2, 0.25) is 10.0 Å². The molecule has 5 nitrogen and oxygen atoms in total. The van der Waals surface area contributed by atoms with Crippen LogP contribution in [-0.4, -0.2) is 34.5 Å². The van der Waals surface area contributed by atoms with Gasteiger partial charge in [-0.25, -0.2) is 13.1 Å². The summed E-state index contributed by atoms with van der Waals surface area (Å²) in [6.45, 7) is 1.54. The number of benzene rings is 1. The van der Waals surface area contributed by atoms with Gasteiger partial charge in [0.25, 0.3) is 0 Å². The van der Waals surface area contributed by atoms with Crippen LogP contribution >= 0.6 is 0 Å². The van der Waals surface area contributed by atoms with E-state index in [0.717, 1.165) is 12.1 Å². The van der Waals surface area contributed by atoms with Crippen molar-refractivity contribution in [3.63, 3.8) is 0 Å². The largest absolute Gasteiger partial charge is 0.573 e. The van der Waals surface area contributed by atoms with Gasteiger partial charge < -0.3 is 9.47 Å². The van der Waals surface area contributed by atoms with Gasteiger partial charge in [-0.05, 0) is 19.1 Å². The van der Waals surface area contributed by atoms with Crippen LogP contribution in [0.25, 0.3) is 0 Å². The standard InChI is InChI=1S/C11H14F3NO4S/c1-8(18-2)7-15-20(16,17)10-6-4-3-5-9(10)19-11(12,13)14/h3-6,8,15H,7H2,1-2H3. The molecule has 0 saturated heterocycles. The molecule has 0 bridgehead atoms. The van der Waals surface area contributed by atoms with Crippen LogP contribution < -0.4 is 9.46 Å². The Morgan fingerprint density at radius 3 is 2.45 bits per heavy atom. The van der Waals surface area contributed by atoms with E-state index in [4.69, 9.17) is 4.74 Å². The van der Waals surface area contributed by atoms with Crippen molar-refractivity contribution in [1.29, 1.82) is 0 Å². The molecule has 1 N–H and O–H groups in total. The lowest BCUT2D eigenvalue weighted by Crippen LogP contribution is -2.32. The molecule has 1 aromatic rings. The smallest absolute Gasteiger partial charge is 0.404 e. The second-order valence-electron chi connectivity index (χ2n) is 3.89. The fraction of sp³-hybridized carbons (Fsp3) is 0.455. The summed E-state index contributed by atoms with van der Waals surface area (Å²) < 4.78 is 71.3. The van der Waals surface area contributed by atoms with E-state index in [1.807, 2.05) is 0 Å². The van der Waals surface area contributed by atoms with E-state index < -0.39 is 33.1 Å². The zero-order valence-electron chi connectivity index (χ0n) is 10.8. The first-order valence-electron chi connectivity index (χ1n) is 5.53. The summed E-state index contributed by atoms with van der Waals surface area (Å²) in [5.41, 5.74) is 0. The molecule has 0 radical (unpaired) electrons. The van der Waals surface area contributed by atoms with Crippen LogP contribution in [0.15, 0.2) is 29.2 Å². The van der Waals surface area contributed by atoms with Crippen molar-refractivity contribution < 1.29 is 31.1 Å². The molecule has 1 unspecified atom stereocenters. The molecule has 0 aliphatic heterocycles. The Kier molecular flexibility index (Phi) is 5.37. The monoisotopic (exact) mass is 313 g/mol. The van der Waals surface area contributed by atoms with Gasteiger partial charge >= 0.3 is 6.36 Å². The molecule has 0 aliphatic carbocycles. The SMILES string of the molecule is COC(C)CNS(=O)(=O)c1ccccc1OC(F)(F)F. The Morgan fingerprint density at radius 2 is 1.90 bits per heavy atom. The van der Waals surface area contributed by atoms with Crippen LogP contribution in [0, 0.1) is 0 Å². The second-order valence-corrected chi connectivity index (χ2v) is 5.63. The number of halogens is 3. The Balaban J connectivity index is 3.00. The number of sulfonamides is 1. The molecule has 0 amide bonds. The topological polar surface area (TPSA) is 64.6 Å². The molecule has 114 valence electrons. The predicted octanol–water partition coefficient (Wildman–Crippen LogP) is 1.90. The van der Waals surface area contributed by atoms with Crippen molar-refractivity contribution in [3.05, 3.63) is 24.3 Å². The van der Waals surface area contributed by atoms with Crippen LogP contribution in [0.4, 0.5) is 13.2 Å². The molecule has 1 atom stereocenters. The predicted molar refractivity (Wildman–Crippen MR) is 64.8 cm³/mol. The number of para-hydroxylation sites is 1. The van der Waals surface area contributed by atoms with Crippen molar-refractivity contribution in [2.45, 2.75) is 24.3 Å². The summed E-state index contributed by atoms with van der Waals surface area (Å²) in [5.74, 6) is -0.780. The van der Waals surface area contributed by atoms with Gasteiger partial charge in [-0.2, -0.15) is 0 Å². The van der Waals surface area contributed by atoms with Gasteiger partial charge in [0.15, 0.2) is 0 Å². The van der Waals surface area contributed by atoms with Gasteiger partial charge in [-0.15, -0.1) is 13.2 Å². The average Bonchev–Trinajstić information content (AvgIpc) is 2.34. The lowest BCUT2D eigenvalue weighted by molar-refractivity contribution is -0.275. The van der Waals surface area contributed by atoms with Gasteiger partial charge in [0.1, 0.15) is 10.6 Å². The van der Waals surface area contributed by atoms with E-state index in [0.29, 0.717) is 0 Å². The second kappa shape index (κ2) is 6.42. The molecule has 1 aromatic carbocycles. The molecule has 0 fully saturated rings. The third-order valence-corrected chi connectivity index (χ3v) is 3.79. The lowest BCUT2D eigenvalue weighted by atomic mass is 10.3. The minimum atomic E-state index is -4.97. The van der Waals surface area contributed by atoms with Crippen molar-refractivity contribution in [3.8, 4) is 5.75 Å². The summed E-state index contributed by atoms with van der Waals surface area (Å²) >= 11 is 0. The highest BCUT2D eigenvalue weighted by Crippen LogP contribution is 2.29. The summed E-state index contributed by atoms with van der Waals surface area (Å²) in [4.78, 5) is -0.583. The number of alkyl halides is 3. The Labute approximate surface area is 114 Å². The number of methoxy groups -OCH3 is 1. The zero-order chi connectivity index (χ0) is 15.4. The fourth-order valence-electron chi connectivity index (χ4n) is 1.27. The molecular formula is C11H14F3NO4S. The van der Waals surface area contributed by atoms with Crippen LogP contribution in [-0.2, 0) is 14.8 Å². The van der Waals surface area contributed by atoms with Crippen molar-refractivity contribution in [2.75, 3.05) is 13.7 Å². The number of ether oxygens (including phenoxy) is 2. The Bertz CT molecular complexity index is 545. The summed E-state index contributed by atoms with van der Waals surface area (Å²) in [6.07, 6.45) is -5.38. The van der Waals surface area contributed by atoms with Gasteiger partial charge in [0.05, 0.1) is 6.10 Å². The number of rotatable bonds is 6. The van der Waals surface area contributed by atoms with Crippen LogP contribution in [0.5, 0.6) is 5.75 Å². The zero-order valence-corrected chi connectivity index (χ0v) is 11.6. The maximum absolute atomic E-state index is 12.2. The van der Waals surface area contributed by atoms with E-state index in [-0.39, 0.29) is 6.54 Å². The molecular weight excluding hydrogens is 299 g/mol. The molecule has 0 heterocycles. The van der Waals surface area contributed by atoms with Crippen molar-refractivity contribution >= 4 is 10.0 Å². The highest BCUT2D eigenvalue weighted by Gasteiger charge is 2.33. The molecule has 1 rings (SSSR count). The number of nitrogens with one attached hydrogen (secondary N) is 1. The number of hydrogen-bond acceptors (Lipinski definition) is 4. The fourth-order valence-corrected chi connectivity index (χ4v) is 2.51. The first kappa shape index (κ1) is 16.7. The van der Waals surface area contributed by atoms with Crippen molar-refractivity contribution in [1.82, 2.24) is 4.72 Å². The van der Waals surface area contributed by atoms with Crippen LogP contribution in [0.2, 0.25) is 0 Å². The summed E-state index contributed by atoms with van der Waals surface area (Å²) in [5, 5.41) is 0. The van der Waals surface area contributed by atoms with Crippen LogP contribution in [0.1, 0.15) is 6.92 Å². The van der Waals surface area contributed by atoms with E-state index >= 15 is 0 Å². The highest BCUT2D eigenvalue weighted by atomic mass is 32.2. The minimum absolute atomic E-state index is 0.0703. The third kappa shape index (κ3) is 4.99. The summed E-state index contributed by atoms with van der Waals surface area (Å²) in [7, 11) is -2.73. The summed E-state index contributed by atoms with van der Waals surface area (Å²) in [6, 6.07) is 4.51. The maximum Gasteiger partial charge on any atom is 0.573 e. The normalized spacial score (nSPS) is 14.1. The van der Waals surface area contributed by atoms with E-state index in [1.54, 1.807) is 6.92 Å². The highest BCUT2D eigenvalue weighted by molar-refractivity contribution is 7.89. The lowest BCUT2D eigenvalue weighted by Gasteiger charge is -2.15. The molecule has 0 saturated carbocycles. The van der Waals surface area contributed by atoms with Gasteiger partial charge in [-0.3, -0.25) is 0 Å². The Morgan fingerprint density at radius 1 is 1.30 bits per heavy atom. The molecule has 9 heteroatoms. The molecule has 20 heavy (non-hydrogen) atoms. The van der Waals surface area contributed by atoms with Crippen LogP contribution in [0.3, 0.4) is 0 Å². The molecule has 0 aromatic heterocycles. The first-order valence-corrected chi connectivity index (χ1v) is 7.01. The van der Waals surface area contributed by atoms with Crippen molar-refractivity contribution in [2.24, 2.45) is 0 Å². The first-order chi connectivity index (χ1) is 9.15. The average molecular weight is 313 g/mol. The third-order valence-electron chi connectivity index (χ3n) is 2.33. The molecule has 0 aliphatic rings. The maximum atomic E-state index is 12.2.